The fraction of sp³-hybridized carbons (Fsp3) is 0.400. The van der Waals surface area contributed by atoms with Crippen LogP contribution in [0, 0.1) is 5.92 Å². The van der Waals surface area contributed by atoms with Crippen LogP contribution in [0.4, 0.5) is 0 Å². The molecule has 0 saturated carbocycles. The lowest BCUT2D eigenvalue weighted by Crippen LogP contribution is -2.59. The number of rotatable bonds is 1. The zero-order valence-corrected chi connectivity index (χ0v) is 12.9. The molecule has 114 valence electrons. The number of carbonyl (C=O) groups excluding carboxylic acids is 2. The zero-order valence-electron chi connectivity index (χ0n) is 12.1. The molecule has 1 amide bonds. The number of methoxy groups -OCH3 is 1. The third-order valence-electron chi connectivity index (χ3n) is 4.30. The molecule has 0 aromatic heterocycles. The first-order chi connectivity index (χ1) is 10.5. The van der Waals surface area contributed by atoms with Gasteiger partial charge in [-0.1, -0.05) is 30.0 Å². The molecule has 1 fully saturated rings. The van der Waals surface area contributed by atoms with Gasteiger partial charge in [-0.25, -0.2) is 4.99 Å². The summed E-state index contributed by atoms with van der Waals surface area (Å²) in [5.74, 6) is -0.154. The standard InChI is InChI=1S/C15H14N2O4S/c1-15-11(13(19)20-2)12(8-5-3-4-6-9(8)21-15)17-10(18)7-22-14(17)16-15/h3-6,11-12H,7H2,1-2H3. The molecule has 3 aliphatic rings. The van der Waals surface area contributed by atoms with Crippen molar-refractivity contribution in [3.63, 3.8) is 0 Å². The maximum Gasteiger partial charge on any atom is 0.317 e. The Morgan fingerprint density at radius 1 is 1.50 bits per heavy atom. The van der Waals surface area contributed by atoms with E-state index in [2.05, 4.69) is 4.99 Å². The number of esters is 1. The Hall–Kier alpha value is -2.02. The van der Waals surface area contributed by atoms with Gasteiger partial charge in [0, 0.05) is 5.56 Å². The summed E-state index contributed by atoms with van der Waals surface area (Å²) < 4.78 is 11.0. The molecule has 1 aromatic rings. The Bertz CT molecular complexity index is 719. The van der Waals surface area contributed by atoms with Crippen molar-refractivity contribution in [2.45, 2.75) is 18.7 Å². The highest BCUT2D eigenvalue weighted by atomic mass is 32.2. The second kappa shape index (κ2) is 4.49. The number of thioether (sulfide) groups is 1. The molecule has 1 aromatic carbocycles. The van der Waals surface area contributed by atoms with Crippen LogP contribution in [0.2, 0.25) is 0 Å². The third-order valence-corrected chi connectivity index (χ3v) is 5.23. The lowest BCUT2D eigenvalue weighted by molar-refractivity contribution is -0.161. The minimum Gasteiger partial charge on any atom is -0.469 e. The van der Waals surface area contributed by atoms with Gasteiger partial charge in [0.05, 0.1) is 18.9 Å². The highest BCUT2D eigenvalue weighted by Crippen LogP contribution is 2.52. The van der Waals surface area contributed by atoms with Gasteiger partial charge in [-0.3, -0.25) is 14.5 Å². The van der Waals surface area contributed by atoms with Gasteiger partial charge in [0.25, 0.3) is 0 Å². The summed E-state index contributed by atoms with van der Waals surface area (Å²) >= 11 is 1.38. The number of amidine groups is 1. The molecule has 0 aliphatic carbocycles. The van der Waals surface area contributed by atoms with Crippen LogP contribution in [0.15, 0.2) is 29.3 Å². The summed E-state index contributed by atoms with van der Waals surface area (Å²) in [6.07, 6.45) is 0. The molecule has 6 nitrogen and oxygen atoms in total. The minimum atomic E-state index is -1.06. The molecule has 2 bridgehead atoms. The van der Waals surface area contributed by atoms with E-state index in [9.17, 15) is 9.59 Å². The van der Waals surface area contributed by atoms with Crippen LogP contribution in [0.1, 0.15) is 18.5 Å². The molecule has 7 heteroatoms. The van der Waals surface area contributed by atoms with Crippen LogP contribution in [-0.4, -0.2) is 40.5 Å². The van der Waals surface area contributed by atoms with Gasteiger partial charge in [0.2, 0.25) is 11.6 Å². The molecular weight excluding hydrogens is 304 g/mol. The Morgan fingerprint density at radius 2 is 2.27 bits per heavy atom. The van der Waals surface area contributed by atoms with E-state index in [-0.39, 0.29) is 5.91 Å². The van der Waals surface area contributed by atoms with E-state index < -0.39 is 23.7 Å². The van der Waals surface area contributed by atoms with Gasteiger partial charge in [-0.2, -0.15) is 0 Å². The van der Waals surface area contributed by atoms with Gasteiger partial charge in [0.15, 0.2) is 5.17 Å². The van der Waals surface area contributed by atoms with Crippen molar-refractivity contribution < 1.29 is 19.1 Å². The van der Waals surface area contributed by atoms with Crippen LogP contribution in [-0.2, 0) is 14.3 Å². The van der Waals surface area contributed by atoms with Crippen LogP contribution in [0.5, 0.6) is 5.75 Å². The van der Waals surface area contributed by atoms with Gasteiger partial charge < -0.3 is 9.47 Å². The molecule has 0 N–H and O–H groups in total. The average Bonchev–Trinajstić information content (AvgIpc) is 2.85. The number of nitrogens with zero attached hydrogens (tertiary/aromatic N) is 2. The van der Waals surface area contributed by atoms with Crippen molar-refractivity contribution in [1.82, 2.24) is 4.90 Å². The van der Waals surface area contributed by atoms with E-state index >= 15 is 0 Å². The fourth-order valence-corrected chi connectivity index (χ4v) is 4.35. The number of hydrogen-bond acceptors (Lipinski definition) is 6. The molecular formula is C15H14N2O4S. The predicted octanol–water partition coefficient (Wildman–Crippen LogP) is 1.57. The van der Waals surface area contributed by atoms with Crippen molar-refractivity contribution >= 4 is 28.8 Å². The smallest absolute Gasteiger partial charge is 0.317 e. The lowest BCUT2D eigenvalue weighted by Gasteiger charge is -2.48. The number of benzene rings is 1. The number of para-hydroxylation sites is 1. The molecule has 3 unspecified atom stereocenters. The first-order valence-corrected chi connectivity index (χ1v) is 7.94. The summed E-state index contributed by atoms with van der Waals surface area (Å²) in [5.41, 5.74) is -0.242. The van der Waals surface area contributed by atoms with Crippen LogP contribution in [0.25, 0.3) is 0 Å². The second-order valence-corrected chi connectivity index (χ2v) is 6.53. The number of fused-ring (bicyclic) bond motifs is 6. The van der Waals surface area contributed by atoms with Gasteiger partial charge in [-0.05, 0) is 13.0 Å². The SMILES string of the molecule is COC(=O)C1C2c3ccccc3OC1(C)N=C1SCC(=O)N12. The molecule has 3 aliphatic heterocycles. The van der Waals surface area contributed by atoms with Gasteiger partial charge >= 0.3 is 5.97 Å². The quantitative estimate of drug-likeness (QED) is 0.735. The molecule has 22 heavy (non-hydrogen) atoms. The molecule has 3 atom stereocenters. The van der Waals surface area contributed by atoms with E-state index in [1.54, 1.807) is 11.8 Å². The Kier molecular flexibility index (Phi) is 2.78. The topological polar surface area (TPSA) is 68.2 Å². The van der Waals surface area contributed by atoms with Crippen LogP contribution < -0.4 is 4.74 Å². The predicted molar refractivity (Wildman–Crippen MR) is 80.5 cm³/mol. The Balaban J connectivity index is 1.97. The van der Waals surface area contributed by atoms with E-state index in [0.29, 0.717) is 16.7 Å². The number of hydrogen-bond donors (Lipinski definition) is 0. The van der Waals surface area contributed by atoms with E-state index in [0.717, 1.165) is 5.56 Å². The molecule has 0 radical (unpaired) electrons. The highest BCUT2D eigenvalue weighted by molar-refractivity contribution is 8.15. The van der Waals surface area contributed by atoms with Gasteiger partial charge in [0.1, 0.15) is 11.7 Å². The summed E-state index contributed by atoms with van der Waals surface area (Å²) in [6, 6.07) is 7.02. The third kappa shape index (κ3) is 1.65. The number of amides is 1. The van der Waals surface area contributed by atoms with Gasteiger partial charge in [-0.15, -0.1) is 0 Å². The lowest BCUT2D eigenvalue weighted by atomic mass is 9.80. The maximum absolute atomic E-state index is 12.4. The Labute approximate surface area is 131 Å². The van der Waals surface area contributed by atoms with Crippen molar-refractivity contribution in [2.24, 2.45) is 10.9 Å². The van der Waals surface area contributed by atoms with E-state index in [1.165, 1.54) is 18.9 Å². The minimum absolute atomic E-state index is 0.0404. The monoisotopic (exact) mass is 318 g/mol. The maximum atomic E-state index is 12.4. The van der Waals surface area contributed by atoms with Crippen LogP contribution >= 0.6 is 11.8 Å². The molecule has 1 saturated heterocycles. The second-order valence-electron chi connectivity index (χ2n) is 5.59. The fourth-order valence-electron chi connectivity index (χ4n) is 3.35. The van der Waals surface area contributed by atoms with Crippen LogP contribution in [0.3, 0.4) is 0 Å². The summed E-state index contributed by atoms with van der Waals surface area (Å²) in [5, 5.41) is 0.618. The largest absolute Gasteiger partial charge is 0.469 e. The first-order valence-electron chi connectivity index (χ1n) is 6.95. The number of carbonyl (C=O) groups is 2. The molecule has 0 spiro atoms. The zero-order chi connectivity index (χ0) is 15.5. The summed E-state index contributed by atoms with van der Waals surface area (Å²) in [4.78, 5) is 30.9. The van der Waals surface area contributed by atoms with Crippen molar-refractivity contribution in [3.8, 4) is 5.75 Å². The Morgan fingerprint density at radius 3 is 3.05 bits per heavy atom. The normalized spacial score (nSPS) is 31.8. The van der Waals surface area contributed by atoms with Crippen molar-refractivity contribution in [2.75, 3.05) is 12.9 Å². The number of aliphatic imine (C=N–C) groups is 1. The van der Waals surface area contributed by atoms with E-state index in [4.69, 9.17) is 9.47 Å². The number of ether oxygens (including phenoxy) is 2. The van der Waals surface area contributed by atoms with E-state index in [1.807, 2.05) is 24.3 Å². The molecule has 3 heterocycles. The summed E-state index contributed by atoms with van der Waals surface area (Å²) in [7, 11) is 1.34. The highest BCUT2D eigenvalue weighted by Gasteiger charge is 2.59. The van der Waals surface area contributed by atoms with Crippen molar-refractivity contribution in [3.05, 3.63) is 29.8 Å². The average molecular weight is 318 g/mol. The summed E-state index contributed by atoms with van der Waals surface area (Å²) in [6.45, 7) is 1.77. The molecule has 4 rings (SSSR count). The first kappa shape index (κ1) is 13.6. The van der Waals surface area contributed by atoms with Crippen molar-refractivity contribution in [1.29, 1.82) is 0 Å².